The average molecular weight is 434 g/mol. The summed E-state index contributed by atoms with van der Waals surface area (Å²) in [5.74, 6) is 1.02. The number of carbonyl (C=O) groups excluding carboxylic acids is 2. The highest BCUT2D eigenvalue weighted by molar-refractivity contribution is 6.07. The van der Waals surface area contributed by atoms with Crippen molar-refractivity contribution in [3.05, 3.63) is 65.7 Å². The molecule has 0 aliphatic carbocycles. The van der Waals surface area contributed by atoms with E-state index in [9.17, 15) is 9.59 Å². The minimum absolute atomic E-state index is 0.255. The van der Waals surface area contributed by atoms with Gasteiger partial charge in [-0.15, -0.1) is 0 Å². The lowest BCUT2D eigenvalue weighted by atomic mass is 9.91. The Morgan fingerprint density at radius 2 is 1.81 bits per heavy atom. The van der Waals surface area contributed by atoms with Crippen LogP contribution in [0.25, 0.3) is 5.57 Å². The number of hydrogen-bond acceptors (Lipinski definition) is 5. The largest absolute Gasteiger partial charge is 0.490 e. The molecule has 1 atom stereocenters. The molecule has 3 heterocycles. The third-order valence-electron chi connectivity index (χ3n) is 6.38. The second-order valence-corrected chi connectivity index (χ2v) is 8.56. The van der Waals surface area contributed by atoms with Gasteiger partial charge in [0.2, 0.25) is 0 Å². The molecule has 3 amide bonds. The van der Waals surface area contributed by atoms with Crippen LogP contribution in [0.4, 0.5) is 4.79 Å². The molecule has 0 aromatic heterocycles. The maximum Gasteiger partial charge on any atom is 0.326 e. The van der Waals surface area contributed by atoms with Crippen molar-refractivity contribution < 1.29 is 19.1 Å². The Morgan fingerprint density at radius 3 is 2.56 bits per heavy atom. The standard InChI is InChI=1S/C25H27N3O4/c1-25(20-8-9-21-22(16-20)32-15-5-14-31-21)23(29)28(24(30)26-25)17-27-12-10-19(11-13-27)18-6-3-2-4-7-18/h2-4,6-10,16H,5,11-15,17H2,1H3,(H,26,30). The van der Waals surface area contributed by atoms with E-state index in [4.69, 9.17) is 9.47 Å². The van der Waals surface area contributed by atoms with E-state index < -0.39 is 5.54 Å². The molecule has 1 saturated heterocycles. The third kappa shape index (κ3) is 3.73. The van der Waals surface area contributed by atoms with E-state index in [2.05, 4.69) is 28.4 Å². The third-order valence-corrected chi connectivity index (χ3v) is 6.38. The van der Waals surface area contributed by atoms with Crippen LogP contribution in [0.2, 0.25) is 0 Å². The fourth-order valence-corrected chi connectivity index (χ4v) is 4.45. The second-order valence-electron chi connectivity index (χ2n) is 8.56. The van der Waals surface area contributed by atoms with Gasteiger partial charge in [0.1, 0.15) is 5.54 Å². The lowest BCUT2D eigenvalue weighted by Crippen LogP contribution is -2.44. The van der Waals surface area contributed by atoms with E-state index in [-0.39, 0.29) is 18.6 Å². The molecule has 1 N–H and O–H groups in total. The Kier molecular flexibility index (Phi) is 5.35. The van der Waals surface area contributed by atoms with E-state index in [1.807, 2.05) is 30.3 Å². The SMILES string of the molecule is CC1(c2ccc3c(c2)OCCCO3)NC(=O)N(CN2CC=C(c3ccccc3)CC2)C1=O. The predicted octanol–water partition coefficient (Wildman–Crippen LogP) is 3.36. The van der Waals surface area contributed by atoms with Crippen molar-refractivity contribution >= 4 is 17.5 Å². The Morgan fingerprint density at radius 1 is 1.03 bits per heavy atom. The van der Waals surface area contributed by atoms with Crippen molar-refractivity contribution in [3.63, 3.8) is 0 Å². The van der Waals surface area contributed by atoms with Gasteiger partial charge in [-0.25, -0.2) is 9.69 Å². The van der Waals surface area contributed by atoms with Crippen molar-refractivity contribution in [2.45, 2.75) is 25.3 Å². The number of nitrogens with one attached hydrogen (secondary N) is 1. The van der Waals surface area contributed by atoms with E-state index in [0.29, 0.717) is 36.8 Å². The van der Waals surface area contributed by atoms with Gasteiger partial charge in [0, 0.05) is 19.5 Å². The van der Waals surface area contributed by atoms with Gasteiger partial charge in [0.25, 0.3) is 5.91 Å². The van der Waals surface area contributed by atoms with E-state index in [0.717, 1.165) is 19.4 Å². The fraction of sp³-hybridized carbons (Fsp3) is 0.360. The molecule has 1 fully saturated rings. The Bertz CT molecular complexity index is 1070. The van der Waals surface area contributed by atoms with E-state index >= 15 is 0 Å². The number of ether oxygens (including phenoxy) is 2. The summed E-state index contributed by atoms with van der Waals surface area (Å²) >= 11 is 0. The zero-order valence-corrected chi connectivity index (χ0v) is 18.2. The number of hydrogen-bond donors (Lipinski definition) is 1. The molecule has 166 valence electrons. The number of carbonyl (C=O) groups is 2. The summed E-state index contributed by atoms with van der Waals surface area (Å²) in [6.45, 7) is 4.66. The van der Waals surface area contributed by atoms with Gasteiger partial charge in [-0.05, 0) is 42.2 Å². The average Bonchev–Trinajstić information content (AvgIpc) is 2.98. The predicted molar refractivity (Wildman–Crippen MR) is 120 cm³/mol. The summed E-state index contributed by atoms with van der Waals surface area (Å²) in [4.78, 5) is 29.6. The van der Waals surface area contributed by atoms with Crippen LogP contribution in [0.1, 0.15) is 30.9 Å². The van der Waals surface area contributed by atoms with Gasteiger partial charge < -0.3 is 14.8 Å². The highest BCUT2D eigenvalue weighted by Gasteiger charge is 2.49. The Labute approximate surface area is 187 Å². The van der Waals surface area contributed by atoms with E-state index in [1.165, 1.54) is 16.0 Å². The number of amides is 3. The molecule has 3 aliphatic heterocycles. The summed E-state index contributed by atoms with van der Waals surface area (Å²) in [5, 5.41) is 2.89. The van der Waals surface area contributed by atoms with Crippen LogP contribution in [0.5, 0.6) is 11.5 Å². The highest BCUT2D eigenvalue weighted by Crippen LogP contribution is 2.36. The first-order valence-electron chi connectivity index (χ1n) is 11.1. The topological polar surface area (TPSA) is 71.1 Å². The molecular formula is C25H27N3O4. The minimum Gasteiger partial charge on any atom is -0.490 e. The molecule has 0 radical (unpaired) electrons. The first kappa shape index (κ1) is 20.6. The van der Waals surface area contributed by atoms with Gasteiger partial charge in [-0.2, -0.15) is 0 Å². The quantitative estimate of drug-likeness (QED) is 0.749. The normalized spacial score (nSPS) is 23.5. The van der Waals surface area contributed by atoms with Gasteiger partial charge in [0.05, 0.1) is 19.9 Å². The molecule has 2 aromatic rings. The maximum atomic E-state index is 13.4. The molecule has 32 heavy (non-hydrogen) atoms. The van der Waals surface area contributed by atoms with Crippen LogP contribution in [0, 0.1) is 0 Å². The van der Waals surface area contributed by atoms with Crippen molar-refractivity contribution in [2.75, 3.05) is 33.0 Å². The summed E-state index contributed by atoms with van der Waals surface area (Å²) in [6.07, 6.45) is 3.87. The van der Waals surface area contributed by atoms with Crippen LogP contribution in [0.3, 0.4) is 0 Å². The molecule has 2 aromatic carbocycles. The molecule has 3 aliphatic rings. The van der Waals surface area contributed by atoms with Crippen molar-refractivity contribution in [3.8, 4) is 11.5 Å². The molecule has 7 heteroatoms. The highest BCUT2D eigenvalue weighted by atomic mass is 16.5. The van der Waals surface area contributed by atoms with Crippen LogP contribution in [-0.4, -0.2) is 54.7 Å². The number of fused-ring (bicyclic) bond motifs is 1. The molecule has 0 saturated carbocycles. The monoisotopic (exact) mass is 433 g/mol. The summed E-state index contributed by atoms with van der Waals surface area (Å²) in [7, 11) is 0. The van der Waals surface area contributed by atoms with Gasteiger partial charge in [0.15, 0.2) is 11.5 Å². The number of nitrogens with zero attached hydrogens (tertiary/aromatic N) is 2. The van der Waals surface area contributed by atoms with Crippen molar-refractivity contribution in [1.29, 1.82) is 0 Å². The molecular weight excluding hydrogens is 406 g/mol. The number of rotatable bonds is 4. The lowest BCUT2D eigenvalue weighted by molar-refractivity contribution is -0.132. The lowest BCUT2D eigenvalue weighted by Gasteiger charge is -2.30. The summed E-state index contributed by atoms with van der Waals surface area (Å²) in [6, 6.07) is 15.4. The minimum atomic E-state index is -1.14. The maximum absolute atomic E-state index is 13.4. The van der Waals surface area contributed by atoms with E-state index in [1.54, 1.807) is 13.0 Å². The zero-order valence-electron chi connectivity index (χ0n) is 18.2. The number of imide groups is 1. The second kappa shape index (κ2) is 8.31. The van der Waals surface area contributed by atoms with Gasteiger partial charge in [-0.3, -0.25) is 9.69 Å². The molecule has 0 spiro atoms. The van der Waals surface area contributed by atoms with Crippen LogP contribution in [-0.2, 0) is 10.3 Å². The summed E-state index contributed by atoms with van der Waals surface area (Å²) < 4.78 is 11.5. The van der Waals surface area contributed by atoms with Crippen molar-refractivity contribution in [1.82, 2.24) is 15.1 Å². The zero-order chi connectivity index (χ0) is 22.1. The molecule has 1 unspecified atom stereocenters. The number of benzene rings is 2. The Hall–Kier alpha value is -3.32. The number of urea groups is 1. The fourth-order valence-electron chi connectivity index (χ4n) is 4.45. The van der Waals surface area contributed by atoms with Crippen LogP contribution >= 0.6 is 0 Å². The van der Waals surface area contributed by atoms with Gasteiger partial charge in [-0.1, -0.05) is 42.5 Å². The Balaban J connectivity index is 1.30. The van der Waals surface area contributed by atoms with Crippen LogP contribution < -0.4 is 14.8 Å². The molecule has 5 rings (SSSR count). The molecule has 7 nitrogen and oxygen atoms in total. The van der Waals surface area contributed by atoms with Crippen molar-refractivity contribution in [2.24, 2.45) is 0 Å². The first-order chi connectivity index (χ1) is 15.5. The van der Waals surface area contributed by atoms with Crippen LogP contribution in [0.15, 0.2) is 54.6 Å². The first-order valence-corrected chi connectivity index (χ1v) is 11.1. The summed E-state index contributed by atoms with van der Waals surface area (Å²) in [5.41, 5.74) is 2.08. The molecule has 0 bridgehead atoms. The van der Waals surface area contributed by atoms with Gasteiger partial charge >= 0.3 is 6.03 Å². The smallest absolute Gasteiger partial charge is 0.326 e.